The summed E-state index contributed by atoms with van der Waals surface area (Å²) in [5, 5.41) is 0. The fraction of sp³-hybridized carbons (Fsp3) is 0.154. The summed E-state index contributed by atoms with van der Waals surface area (Å²) in [4.78, 5) is 3.63. The molecule has 0 fully saturated rings. The number of aromatic nitrogens is 1. The van der Waals surface area contributed by atoms with Gasteiger partial charge in [0, 0.05) is 29.7 Å². The summed E-state index contributed by atoms with van der Waals surface area (Å²) in [7, 11) is 0. The molecule has 0 aliphatic rings. The highest BCUT2D eigenvalue weighted by Crippen LogP contribution is 2.37. The second-order valence-corrected chi connectivity index (χ2v) is 4.01. The minimum Gasteiger partial charge on any atom is -0.473 e. The van der Waals surface area contributed by atoms with Crippen molar-refractivity contribution >= 4 is 5.69 Å². The van der Waals surface area contributed by atoms with Crippen LogP contribution in [0.2, 0.25) is 0 Å². The molecule has 0 saturated heterocycles. The predicted molar refractivity (Wildman–Crippen MR) is 64.5 cm³/mol. The molecule has 0 aliphatic heterocycles. The van der Waals surface area contributed by atoms with Gasteiger partial charge in [0.15, 0.2) is 11.6 Å². The fourth-order valence-electron chi connectivity index (χ4n) is 1.60. The van der Waals surface area contributed by atoms with Gasteiger partial charge >= 0.3 is 6.18 Å². The van der Waals surface area contributed by atoms with Crippen molar-refractivity contribution in [1.82, 2.24) is 4.98 Å². The predicted octanol–water partition coefficient (Wildman–Crippen LogP) is 3.49. The lowest BCUT2D eigenvalue weighted by atomic mass is 10.1. The number of hydrogen-bond donors (Lipinski definition) is 1. The number of nitrogen functional groups attached to an aromatic ring is 1. The zero-order valence-corrected chi connectivity index (χ0v) is 10.1. The van der Waals surface area contributed by atoms with Gasteiger partial charge in [-0.15, -0.1) is 0 Å². The first kappa shape index (κ1) is 14.1. The summed E-state index contributed by atoms with van der Waals surface area (Å²) in [6, 6.07) is 5.54. The molecule has 20 heavy (non-hydrogen) atoms. The van der Waals surface area contributed by atoms with Gasteiger partial charge in [-0.3, -0.25) is 4.98 Å². The molecular weight excluding hydrogens is 276 g/mol. The van der Waals surface area contributed by atoms with Crippen molar-refractivity contribution in [2.75, 3.05) is 5.73 Å². The standard InChI is InChI=1S/C13H10F4N2O/c14-10-7-9(18)1-2-11(10)20-12(13(15,16)17)8-3-5-19-6-4-8/h1-7,12H,18H2. The maximum absolute atomic E-state index is 13.5. The van der Waals surface area contributed by atoms with Crippen LogP contribution in [0.4, 0.5) is 23.2 Å². The molecule has 2 rings (SSSR count). The quantitative estimate of drug-likeness (QED) is 0.694. The number of pyridine rings is 1. The lowest BCUT2D eigenvalue weighted by Gasteiger charge is -2.22. The van der Waals surface area contributed by atoms with Crippen LogP contribution in [0.15, 0.2) is 42.7 Å². The van der Waals surface area contributed by atoms with Crippen molar-refractivity contribution in [2.24, 2.45) is 0 Å². The van der Waals surface area contributed by atoms with Crippen molar-refractivity contribution in [3.8, 4) is 5.75 Å². The molecule has 3 nitrogen and oxygen atoms in total. The zero-order chi connectivity index (χ0) is 14.8. The number of hydrogen-bond acceptors (Lipinski definition) is 3. The average Bonchev–Trinajstić information content (AvgIpc) is 2.37. The third kappa shape index (κ3) is 3.17. The lowest BCUT2D eigenvalue weighted by Crippen LogP contribution is -2.26. The first-order valence-electron chi connectivity index (χ1n) is 5.56. The van der Waals surface area contributed by atoms with Crippen LogP contribution in [-0.2, 0) is 0 Å². The number of halogens is 4. The van der Waals surface area contributed by atoms with Crippen molar-refractivity contribution in [3.63, 3.8) is 0 Å². The van der Waals surface area contributed by atoms with Crippen LogP contribution in [0.25, 0.3) is 0 Å². The Balaban J connectivity index is 2.34. The number of anilines is 1. The molecule has 1 heterocycles. The van der Waals surface area contributed by atoms with Crippen LogP contribution in [-0.4, -0.2) is 11.2 Å². The molecule has 0 bridgehead atoms. The Morgan fingerprint density at radius 3 is 2.30 bits per heavy atom. The van der Waals surface area contributed by atoms with Crippen molar-refractivity contribution < 1.29 is 22.3 Å². The van der Waals surface area contributed by atoms with E-state index in [-0.39, 0.29) is 11.3 Å². The molecule has 0 spiro atoms. The van der Waals surface area contributed by atoms with E-state index >= 15 is 0 Å². The highest BCUT2D eigenvalue weighted by molar-refractivity contribution is 5.43. The van der Waals surface area contributed by atoms with Gasteiger partial charge < -0.3 is 10.5 Å². The van der Waals surface area contributed by atoms with Gasteiger partial charge in [-0.2, -0.15) is 13.2 Å². The van der Waals surface area contributed by atoms with Crippen LogP contribution in [0.5, 0.6) is 5.75 Å². The number of nitrogens with zero attached hydrogens (tertiary/aromatic N) is 1. The number of ether oxygens (including phenoxy) is 1. The zero-order valence-electron chi connectivity index (χ0n) is 10.1. The van der Waals surface area contributed by atoms with Crippen molar-refractivity contribution in [1.29, 1.82) is 0 Å². The Kier molecular flexibility index (Phi) is 3.78. The molecule has 0 radical (unpaired) electrons. The summed E-state index contributed by atoms with van der Waals surface area (Å²) < 4.78 is 57.3. The molecule has 106 valence electrons. The van der Waals surface area contributed by atoms with E-state index in [2.05, 4.69) is 4.98 Å². The Morgan fingerprint density at radius 2 is 1.75 bits per heavy atom. The second-order valence-electron chi connectivity index (χ2n) is 4.01. The van der Waals surface area contributed by atoms with E-state index in [0.29, 0.717) is 0 Å². The van der Waals surface area contributed by atoms with Crippen LogP contribution in [0.3, 0.4) is 0 Å². The molecule has 1 unspecified atom stereocenters. The minimum absolute atomic E-state index is 0.0994. The van der Waals surface area contributed by atoms with Crippen LogP contribution in [0.1, 0.15) is 11.7 Å². The van der Waals surface area contributed by atoms with E-state index in [1.807, 2.05) is 0 Å². The number of rotatable bonds is 3. The summed E-state index contributed by atoms with van der Waals surface area (Å²) in [5.41, 5.74) is 5.27. The SMILES string of the molecule is Nc1ccc(OC(c2ccncc2)C(F)(F)F)c(F)c1. The third-order valence-electron chi connectivity index (χ3n) is 2.51. The second kappa shape index (κ2) is 5.36. The first-order chi connectivity index (χ1) is 9.38. The molecule has 7 heteroatoms. The Morgan fingerprint density at radius 1 is 1.10 bits per heavy atom. The van der Waals surface area contributed by atoms with Gasteiger partial charge in [-0.1, -0.05) is 0 Å². The molecule has 2 N–H and O–H groups in total. The monoisotopic (exact) mass is 286 g/mol. The first-order valence-corrected chi connectivity index (χ1v) is 5.56. The summed E-state index contributed by atoms with van der Waals surface area (Å²) in [6.07, 6.45) is -4.55. The van der Waals surface area contributed by atoms with E-state index in [1.165, 1.54) is 18.5 Å². The van der Waals surface area contributed by atoms with Crippen LogP contribution in [0, 0.1) is 5.82 Å². The van der Waals surface area contributed by atoms with Crippen LogP contribution >= 0.6 is 0 Å². The van der Waals surface area contributed by atoms with Crippen molar-refractivity contribution in [3.05, 3.63) is 54.1 Å². The molecule has 2 aromatic rings. The maximum Gasteiger partial charge on any atom is 0.429 e. The topological polar surface area (TPSA) is 48.1 Å². The van der Waals surface area contributed by atoms with Crippen molar-refractivity contribution in [2.45, 2.75) is 12.3 Å². The third-order valence-corrected chi connectivity index (χ3v) is 2.51. The number of benzene rings is 1. The maximum atomic E-state index is 13.5. The molecule has 1 aromatic heterocycles. The normalized spacial score (nSPS) is 13.0. The Hall–Kier alpha value is -2.31. The average molecular weight is 286 g/mol. The minimum atomic E-state index is -4.69. The Labute approximate surface area is 112 Å². The number of alkyl halides is 3. The molecule has 1 aromatic carbocycles. The van der Waals surface area contributed by atoms with E-state index in [1.54, 1.807) is 0 Å². The van der Waals surface area contributed by atoms with Gasteiger partial charge in [0.25, 0.3) is 0 Å². The van der Waals surface area contributed by atoms with E-state index in [4.69, 9.17) is 10.5 Å². The fourth-order valence-corrected chi connectivity index (χ4v) is 1.60. The van der Waals surface area contributed by atoms with E-state index < -0.39 is 23.8 Å². The number of nitrogens with two attached hydrogens (primary N) is 1. The smallest absolute Gasteiger partial charge is 0.429 e. The molecular formula is C13H10F4N2O. The molecule has 0 saturated carbocycles. The van der Waals surface area contributed by atoms with Gasteiger partial charge in [0.1, 0.15) is 0 Å². The van der Waals surface area contributed by atoms with E-state index in [0.717, 1.165) is 24.3 Å². The highest BCUT2D eigenvalue weighted by Gasteiger charge is 2.43. The lowest BCUT2D eigenvalue weighted by molar-refractivity contribution is -0.198. The van der Waals surface area contributed by atoms with Crippen LogP contribution < -0.4 is 10.5 Å². The van der Waals surface area contributed by atoms with E-state index in [9.17, 15) is 17.6 Å². The van der Waals surface area contributed by atoms with Gasteiger partial charge in [0.2, 0.25) is 6.10 Å². The highest BCUT2D eigenvalue weighted by atomic mass is 19.4. The molecule has 1 atom stereocenters. The largest absolute Gasteiger partial charge is 0.473 e. The van der Waals surface area contributed by atoms with Gasteiger partial charge in [0.05, 0.1) is 0 Å². The summed E-state index contributed by atoms with van der Waals surface area (Å²) in [6.45, 7) is 0. The van der Waals surface area contributed by atoms with Gasteiger partial charge in [-0.05, 0) is 24.3 Å². The summed E-state index contributed by atoms with van der Waals surface area (Å²) in [5.74, 6) is -1.47. The Bertz CT molecular complexity index is 587. The molecule has 0 amide bonds. The van der Waals surface area contributed by atoms with Gasteiger partial charge in [-0.25, -0.2) is 4.39 Å². The summed E-state index contributed by atoms with van der Waals surface area (Å²) >= 11 is 0. The molecule has 0 aliphatic carbocycles.